The number of esters is 1. The lowest BCUT2D eigenvalue weighted by Crippen LogP contribution is -2.33. The van der Waals surface area contributed by atoms with Gasteiger partial charge in [0.1, 0.15) is 11.1 Å². The quantitative estimate of drug-likeness (QED) is 0.407. The topological polar surface area (TPSA) is 86.9 Å². The predicted molar refractivity (Wildman–Crippen MR) is 80.2 cm³/mol. The summed E-state index contributed by atoms with van der Waals surface area (Å²) in [6.45, 7) is 13.5. The van der Waals surface area contributed by atoms with E-state index in [-0.39, 0.29) is 12.4 Å². The first kappa shape index (κ1) is 18.3. The summed E-state index contributed by atoms with van der Waals surface area (Å²) in [7, 11) is 1.36. The fourth-order valence-electron chi connectivity index (χ4n) is 1.02. The third kappa shape index (κ3) is 5.95. The van der Waals surface area contributed by atoms with Crippen LogP contribution in [0.2, 0.25) is 0 Å². The molecule has 0 aliphatic rings. The zero-order chi connectivity index (χ0) is 16.0. The number of azo groups is 1. The molecule has 0 heterocycles. The van der Waals surface area contributed by atoms with Gasteiger partial charge in [0.2, 0.25) is 0 Å². The van der Waals surface area contributed by atoms with E-state index in [4.69, 9.17) is 5.41 Å². The Bertz CT molecular complexity index is 411. The Balaban J connectivity index is 4.56. The molecule has 0 saturated carbocycles. The van der Waals surface area contributed by atoms with Gasteiger partial charge in [-0.15, -0.1) is 0 Å². The van der Waals surface area contributed by atoms with Crippen LogP contribution in [0, 0.1) is 5.41 Å². The van der Waals surface area contributed by atoms with Gasteiger partial charge in [-0.3, -0.25) is 4.79 Å². The summed E-state index contributed by atoms with van der Waals surface area (Å²) in [5, 5.41) is 19.2. The maximum Gasteiger partial charge on any atom is 0.307 e. The lowest BCUT2D eigenvalue weighted by molar-refractivity contribution is -0.140. The van der Waals surface area contributed by atoms with Crippen molar-refractivity contribution in [1.29, 1.82) is 5.41 Å². The van der Waals surface area contributed by atoms with E-state index in [1.54, 1.807) is 6.92 Å². The number of methoxy groups -OCH3 is 1. The van der Waals surface area contributed by atoms with Crippen LogP contribution in [-0.4, -0.2) is 36.4 Å². The average molecular weight is 282 g/mol. The normalized spacial score (nSPS) is 12.3. The molecule has 0 aliphatic carbocycles. The van der Waals surface area contributed by atoms with Crippen LogP contribution in [0.25, 0.3) is 0 Å². The van der Waals surface area contributed by atoms with Crippen LogP contribution >= 0.6 is 0 Å². The van der Waals surface area contributed by atoms with E-state index in [1.807, 2.05) is 27.7 Å². The lowest BCUT2D eigenvalue weighted by atomic mass is 10.0. The number of nitrogens with one attached hydrogen (secondary N) is 2. The van der Waals surface area contributed by atoms with Gasteiger partial charge in [-0.05, 0) is 34.6 Å². The number of carbonyl (C=O) groups excluding carboxylic acids is 1. The maximum absolute atomic E-state index is 11.0. The van der Waals surface area contributed by atoms with Gasteiger partial charge >= 0.3 is 5.97 Å². The zero-order valence-electron chi connectivity index (χ0n) is 13.3. The zero-order valence-corrected chi connectivity index (χ0v) is 13.3. The molecule has 0 fully saturated rings. The van der Waals surface area contributed by atoms with Gasteiger partial charge in [-0.25, -0.2) is 0 Å². The van der Waals surface area contributed by atoms with E-state index in [1.165, 1.54) is 7.11 Å². The molecule has 20 heavy (non-hydrogen) atoms. The van der Waals surface area contributed by atoms with Crippen LogP contribution in [0.1, 0.15) is 41.0 Å². The van der Waals surface area contributed by atoms with Crippen molar-refractivity contribution in [3.63, 3.8) is 0 Å². The van der Waals surface area contributed by atoms with Gasteiger partial charge in [-0.1, -0.05) is 6.58 Å². The number of carbonyl (C=O) groups is 1. The molecule has 2 N–H and O–H groups in total. The van der Waals surface area contributed by atoms with Crippen LogP contribution < -0.4 is 5.32 Å². The molecule has 6 heteroatoms. The minimum absolute atomic E-state index is 0.272. The third-order valence-corrected chi connectivity index (χ3v) is 3.10. The SMILES string of the molecule is C=C(NCCC(=O)OC)C(C)(C)N=NC(C)(C)C(C)=N. The Labute approximate surface area is 121 Å². The summed E-state index contributed by atoms with van der Waals surface area (Å²) in [5.41, 5.74) is -0.114. The Hall–Kier alpha value is -1.72. The second-order valence-corrected chi connectivity index (χ2v) is 5.67. The minimum Gasteiger partial charge on any atom is -0.469 e. The molecular weight excluding hydrogens is 256 g/mol. The van der Waals surface area contributed by atoms with Crippen molar-refractivity contribution in [2.24, 2.45) is 10.2 Å². The largest absolute Gasteiger partial charge is 0.469 e. The van der Waals surface area contributed by atoms with Crippen LogP contribution in [-0.2, 0) is 9.53 Å². The number of ether oxygens (including phenoxy) is 1. The molecule has 0 atom stereocenters. The first-order valence-corrected chi connectivity index (χ1v) is 6.52. The molecule has 114 valence electrons. The van der Waals surface area contributed by atoms with Crippen molar-refractivity contribution in [3.05, 3.63) is 12.3 Å². The molecule has 0 aromatic carbocycles. The van der Waals surface area contributed by atoms with Crippen molar-refractivity contribution in [1.82, 2.24) is 5.32 Å². The molecule has 0 aromatic heterocycles. The van der Waals surface area contributed by atoms with E-state index >= 15 is 0 Å². The number of hydrogen-bond acceptors (Lipinski definition) is 6. The first-order chi connectivity index (χ1) is 9.03. The highest BCUT2D eigenvalue weighted by atomic mass is 16.5. The fourth-order valence-corrected chi connectivity index (χ4v) is 1.02. The molecule has 0 bridgehead atoms. The van der Waals surface area contributed by atoms with Crippen molar-refractivity contribution in [3.8, 4) is 0 Å². The average Bonchev–Trinajstić information content (AvgIpc) is 2.36. The third-order valence-electron chi connectivity index (χ3n) is 3.10. The summed E-state index contributed by atoms with van der Waals surface area (Å²) < 4.78 is 4.56. The van der Waals surface area contributed by atoms with Crippen molar-refractivity contribution in [2.45, 2.75) is 52.1 Å². The molecule has 0 amide bonds. The van der Waals surface area contributed by atoms with Crippen molar-refractivity contribution < 1.29 is 9.53 Å². The molecule has 0 spiro atoms. The summed E-state index contributed by atoms with van der Waals surface area (Å²) in [6.07, 6.45) is 0.272. The Morgan fingerprint density at radius 3 is 2.20 bits per heavy atom. The summed E-state index contributed by atoms with van der Waals surface area (Å²) >= 11 is 0. The van der Waals surface area contributed by atoms with E-state index in [0.717, 1.165) is 0 Å². The number of nitrogens with zero attached hydrogens (tertiary/aromatic N) is 2. The Kier molecular flexibility index (Phi) is 6.55. The highest BCUT2D eigenvalue weighted by Gasteiger charge is 2.25. The standard InChI is InChI=1S/C14H26N4O2/c1-10(15)13(3,4)17-18-14(5,6)11(2)16-9-8-12(19)20-7/h15-16H,2,8-9H2,1,3-7H3. The van der Waals surface area contributed by atoms with Crippen LogP contribution in [0.5, 0.6) is 0 Å². The summed E-state index contributed by atoms with van der Waals surface area (Å²) in [6, 6.07) is 0. The minimum atomic E-state index is -0.621. The Morgan fingerprint density at radius 1 is 1.25 bits per heavy atom. The molecule has 0 aromatic rings. The van der Waals surface area contributed by atoms with Crippen LogP contribution in [0.3, 0.4) is 0 Å². The van der Waals surface area contributed by atoms with Crippen molar-refractivity contribution in [2.75, 3.05) is 13.7 Å². The molecule has 0 rings (SSSR count). The molecule has 0 radical (unpaired) electrons. The molecule has 0 unspecified atom stereocenters. The smallest absolute Gasteiger partial charge is 0.307 e. The number of hydrogen-bond donors (Lipinski definition) is 2. The number of rotatable bonds is 8. The second kappa shape index (κ2) is 7.17. The summed E-state index contributed by atoms with van der Waals surface area (Å²) in [5.74, 6) is -0.273. The highest BCUT2D eigenvalue weighted by molar-refractivity contribution is 5.87. The van der Waals surface area contributed by atoms with E-state index < -0.39 is 11.1 Å². The van der Waals surface area contributed by atoms with Gasteiger partial charge in [0, 0.05) is 18.0 Å². The van der Waals surface area contributed by atoms with E-state index in [0.29, 0.717) is 18.0 Å². The molecule has 6 nitrogen and oxygen atoms in total. The first-order valence-electron chi connectivity index (χ1n) is 6.52. The van der Waals surface area contributed by atoms with E-state index in [2.05, 4.69) is 26.9 Å². The predicted octanol–water partition coefficient (Wildman–Crippen LogP) is 2.70. The second-order valence-electron chi connectivity index (χ2n) is 5.67. The van der Waals surface area contributed by atoms with Gasteiger partial charge in [0.25, 0.3) is 0 Å². The Morgan fingerprint density at radius 2 is 1.75 bits per heavy atom. The van der Waals surface area contributed by atoms with Gasteiger partial charge < -0.3 is 15.5 Å². The van der Waals surface area contributed by atoms with Gasteiger partial charge in [-0.2, -0.15) is 10.2 Å². The fraction of sp³-hybridized carbons (Fsp3) is 0.714. The monoisotopic (exact) mass is 282 g/mol. The highest BCUT2D eigenvalue weighted by Crippen LogP contribution is 2.21. The van der Waals surface area contributed by atoms with Crippen molar-refractivity contribution >= 4 is 11.7 Å². The molecule has 0 aliphatic heterocycles. The van der Waals surface area contributed by atoms with Gasteiger partial charge in [0.05, 0.1) is 13.5 Å². The maximum atomic E-state index is 11.0. The molecule has 0 saturated heterocycles. The molecular formula is C14H26N4O2. The van der Waals surface area contributed by atoms with Crippen LogP contribution in [0.15, 0.2) is 22.5 Å². The van der Waals surface area contributed by atoms with Crippen LogP contribution in [0.4, 0.5) is 0 Å². The van der Waals surface area contributed by atoms with Gasteiger partial charge in [0.15, 0.2) is 0 Å². The lowest BCUT2D eigenvalue weighted by Gasteiger charge is -2.25. The summed E-state index contributed by atoms with van der Waals surface area (Å²) in [4.78, 5) is 11.0. The van der Waals surface area contributed by atoms with E-state index in [9.17, 15) is 4.79 Å².